The van der Waals surface area contributed by atoms with Gasteiger partial charge in [0.15, 0.2) is 5.75 Å². The molecule has 1 heterocycles. The highest BCUT2D eigenvalue weighted by atomic mass is 16.5. The Morgan fingerprint density at radius 1 is 1.00 bits per heavy atom. The molecular weight excluding hydrogens is 362 g/mol. The minimum atomic E-state index is -0.184. The highest BCUT2D eigenvalue weighted by molar-refractivity contribution is 6.05. The number of aryl methyl sites for hydroxylation is 1. The summed E-state index contributed by atoms with van der Waals surface area (Å²) in [6.45, 7) is 2.68. The van der Waals surface area contributed by atoms with E-state index >= 15 is 0 Å². The number of hydrogen-bond donors (Lipinski definition) is 1. The molecule has 0 saturated carbocycles. The Labute approximate surface area is 169 Å². The molecular formula is C24H21N3O2. The van der Waals surface area contributed by atoms with Gasteiger partial charge in [0.2, 0.25) is 0 Å². The second-order valence-electron chi connectivity index (χ2n) is 6.77. The number of ether oxygens (including phenoxy) is 1. The number of nitrogens with one attached hydrogen (secondary N) is 1. The van der Waals surface area contributed by atoms with Crippen molar-refractivity contribution in [3.05, 3.63) is 108 Å². The van der Waals surface area contributed by atoms with Crippen molar-refractivity contribution in [1.29, 1.82) is 0 Å². The fraction of sp³-hybridized carbons (Fsp3) is 0.0833. The average molecular weight is 383 g/mol. The van der Waals surface area contributed by atoms with Gasteiger partial charge < -0.3 is 10.1 Å². The Kier molecular flexibility index (Phi) is 5.38. The quantitative estimate of drug-likeness (QED) is 0.492. The Balaban J connectivity index is 1.47. The molecule has 4 rings (SSSR count). The average Bonchev–Trinajstić information content (AvgIpc) is 3.23. The van der Waals surface area contributed by atoms with Crippen LogP contribution in [-0.2, 0) is 6.54 Å². The molecule has 3 aromatic carbocycles. The predicted octanol–water partition coefficient (Wildman–Crippen LogP) is 5.28. The Morgan fingerprint density at radius 3 is 2.59 bits per heavy atom. The van der Waals surface area contributed by atoms with Crippen molar-refractivity contribution in [3.8, 4) is 11.5 Å². The summed E-state index contributed by atoms with van der Waals surface area (Å²) < 4.78 is 7.82. The van der Waals surface area contributed by atoms with Gasteiger partial charge in [0, 0.05) is 18.0 Å². The molecule has 0 fully saturated rings. The van der Waals surface area contributed by atoms with Gasteiger partial charge in [0.1, 0.15) is 5.75 Å². The van der Waals surface area contributed by atoms with Crippen LogP contribution in [0.4, 0.5) is 5.69 Å². The highest BCUT2D eigenvalue weighted by Gasteiger charge is 2.11. The topological polar surface area (TPSA) is 56.1 Å². The number of carbonyl (C=O) groups is 1. The SMILES string of the molecule is Cc1cccc(Oc2ccccc2NC(=O)c2ccc(Cn3cccn3)cc2)c1. The highest BCUT2D eigenvalue weighted by Crippen LogP contribution is 2.30. The van der Waals surface area contributed by atoms with Crippen molar-refractivity contribution in [1.82, 2.24) is 9.78 Å². The molecule has 0 aliphatic carbocycles. The van der Waals surface area contributed by atoms with Crippen LogP contribution in [0.15, 0.2) is 91.3 Å². The fourth-order valence-electron chi connectivity index (χ4n) is 3.00. The van der Waals surface area contributed by atoms with E-state index in [1.165, 1.54) is 0 Å². The number of hydrogen-bond acceptors (Lipinski definition) is 3. The summed E-state index contributed by atoms with van der Waals surface area (Å²) in [5.74, 6) is 1.15. The van der Waals surface area contributed by atoms with Crippen LogP contribution in [-0.4, -0.2) is 15.7 Å². The molecule has 5 nitrogen and oxygen atoms in total. The van der Waals surface area contributed by atoms with E-state index in [9.17, 15) is 4.79 Å². The van der Waals surface area contributed by atoms with Crippen LogP contribution < -0.4 is 10.1 Å². The second-order valence-corrected chi connectivity index (χ2v) is 6.77. The Bertz CT molecular complexity index is 1100. The lowest BCUT2D eigenvalue weighted by Crippen LogP contribution is -2.12. The zero-order chi connectivity index (χ0) is 20.1. The van der Waals surface area contributed by atoms with E-state index in [4.69, 9.17) is 4.74 Å². The van der Waals surface area contributed by atoms with Gasteiger partial charge in [0.25, 0.3) is 5.91 Å². The van der Waals surface area contributed by atoms with E-state index in [0.717, 1.165) is 16.9 Å². The summed E-state index contributed by atoms with van der Waals surface area (Å²) in [7, 11) is 0. The molecule has 1 aromatic heterocycles. The molecule has 0 radical (unpaired) electrons. The minimum absolute atomic E-state index is 0.184. The van der Waals surface area contributed by atoms with Crippen molar-refractivity contribution < 1.29 is 9.53 Å². The summed E-state index contributed by atoms with van der Waals surface area (Å²) in [6.07, 6.45) is 3.66. The van der Waals surface area contributed by atoms with E-state index in [0.29, 0.717) is 23.5 Å². The first-order valence-corrected chi connectivity index (χ1v) is 9.39. The summed E-state index contributed by atoms with van der Waals surface area (Å²) in [5.41, 5.74) is 3.40. The molecule has 5 heteroatoms. The molecule has 144 valence electrons. The number of anilines is 1. The van der Waals surface area contributed by atoms with E-state index < -0.39 is 0 Å². The Morgan fingerprint density at radius 2 is 1.83 bits per heavy atom. The smallest absolute Gasteiger partial charge is 0.255 e. The molecule has 4 aromatic rings. The van der Waals surface area contributed by atoms with Gasteiger partial charge in [-0.05, 0) is 60.5 Å². The van der Waals surface area contributed by atoms with Crippen molar-refractivity contribution in [3.63, 3.8) is 0 Å². The standard InChI is InChI=1S/C24H21N3O2/c1-18-6-4-7-21(16-18)29-23-9-3-2-8-22(23)26-24(28)20-12-10-19(11-13-20)17-27-15-5-14-25-27/h2-16H,17H2,1H3,(H,26,28). The third-order valence-electron chi connectivity index (χ3n) is 4.47. The molecule has 0 saturated heterocycles. The maximum absolute atomic E-state index is 12.7. The lowest BCUT2D eigenvalue weighted by molar-refractivity contribution is 0.102. The van der Waals surface area contributed by atoms with Crippen LogP contribution in [0.2, 0.25) is 0 Å². The van der Waals surface area contributed by atoms with Crippen LogP contribution in [0.25, 0.3) is 0 Å². The molecule has 0 spiro atoms. The zero-order valence-electron chi connectivity index (χ0n) is 16.1. The summed E-state index contributed by atoms with van der Waals surface area (Å²) in [4.78, 5) is 12.7. The van der Waals surface area contributed by atoms with Gasteiger partial charge >= 0.3 is 0 Å². The molecule has 0 unspecified atom stereocenters. The zero-order valence-corrected chi connectivity index (χ0v) is 16.1. The number of aromatic nitrogens is 2. The predicted molar refractivity (Wildman–Crippen MR) is 113 cm³/mol. The number of nitrogens with zero attached hydrogens (tertiary/aromatic N) is 2. The van der Waals surface area contributed by atoms with Crippen LogP contribution in [0.1, 0.15) is 21.5 Å². The molecule has 0 aliphatic heterocycles. The van der Waals surface area contributed by atoms with Gasteiger partial charge in [-0.3, -0.25) is 9.48 Å². The first-order chi connectivity index (χ1) is 14.2. The van der Waals surface area contributed by atoms with Gasteiger partial charge in [-0.15, -0.1) is 0 Å². The van der Waals surface area contributed by atoms with E-state index in [1.54, 1.807) is 6.20 Å². The first kappa shape index (κ1) is 18.5. The number of carbonyl (C=O) groups excluding carboxylic acids is 1. The van der Waals surface area contributed by atoms with Crippen molar-refractivity contribution in [2.24, 2.45) is 0 Å². The summed E-state index contributed by atoms with van der Waals surface area (Å²) >= 11 is 0. The number of benzene rings is 3. The van der Waals surface area contributed by atoms with Crippen molar-refractivity contribution in [2.45, 2.75) is 13.5 Å². The van der Waals surface area contributed by atoms with Crippen molar-refractivity contribution in [2.75, 3.05) is 5.32 Å². The number of amides is 1. The van der Waals surface area contributed by atoms with Crippen LogP contribution >= 0.6 is 0 Å². The molecule has 0 atom stereocenters. The molecule has 1 N–H and O–H groups in total. The first-order valence-electron chi connectivity index (χ1n) is 9.39. The maximum atomic E-state index is 12.7. The van der Waals surface area contributed by atoms with E-state index in [-0.39, 0.29) is 5.91 Å². The largest absolute Gasteiger partial charge is 0.455 e. The van der Waals surface area contributed by atoms with Crippen LogP contribution in [0, 0.1) is 6.92 Å². The van der Waals surface area contributed by atoms with E-state index in [1.807, 2.05) is 96.7 Å². The van der Waals surface area contributed by atoms with Crippen LogP contribution in [0.3, 0.4) is 0 Å². The third kappa shape index (κ3) is 4.71. The van der Waals surface area contributed by atoms with Gasteiger partial charge in [-0.1, -0.05) is 36.4 Å². The van der Waals surface area contributed by atoms with Gasteiger partial charge in [0.05, 0.1) is 12.2 Å². The molecule has 0 bridgehead atoms. The van der Waals surface area contributed by atoms with Gasteiger partial charge in [-0.25, -0.2) is 0 Å². The lowest BCUT2D eigenvalue weighted by Gasteiger charge is -2.13. The monoisotopic (exact) mass is 383 g/mol. The number of rotatable bonds is 6. The van der Waals surface area contributed by atoms with Crippen molar-refractivity contribution >= 4 is 11.6 Å². The molecule has 1 amide bonds. The number of para-hydroxylation sites is 2. The van der Waals surface area contributed by atoms with Crippen LogP contribution in [0.5, 0.6) is 11.5 Å². The third-order valence-corrected chi connectivity index (χ3v) is 4.47. The lowest BCUT2D eigenvalue weighted by atomic mass is 10.1. The fourth-order valence-corrected chi connectivity index (χ4v) is 3.00. The van der Waals surface area contributed by atoms with Gasteiger partial charge in [-0.2, -0.15) is 5.10 Å². The molecule has 29 heavy (non-hydrogen) atoms. The Hall–Kier alpha value is -3.86. The normalized spacial score (nSPS) is 10.5. The minimum Gasteiger partial charge on any atom is -0.455 e. The second kappa shape index (κ2) is 8.44. The van der Waals surface area contributed by atoms with E-state index in [2.05, 4.69) is 10.4 Å². The summed E-state index contributed by atoms with van der Waals surface area (Å²) in [5, 5.41) is 7.14. The molecule has 0 aliphatic rings. The maximum Gasteiger partial charge on any atom is 0.255 e. The summed E-state index contributed by atoms with van der Waals surface area (Å²) in [6, 6.07) is 24.6.